The van der Waals surface area contributed by atoms with Gasteiger partial charge in [-0.05, 0) is 0 Å². The van der Waals surface area contributed by atoms with E-state index in [1.54, 1.807) is 0 Å². The minimum absolute atomic E-state index is 0.916. The third kappa shape index (κ3) is 4.41. The predicted molar refractivity (Wildman–Crippen MR) is 99.3 cm³/mol. The Bertz CT molecular complexity index is 812. The first-order valence-corrected chi connectivity index (χ1v) is 13.2. The molecule has 0 spiro atoms. The van der Waals surface area contributed by atoms with E-state index in [1.165, 1.54) is 0 Å². The Labute approximate surface area is 169 Å². The van der Waals surface area contributed by atoms with Crippen LogP contribution in [-0.4, -0.2) is 20.4 Å². The number of rotatable bonds is 6. The van der Waals surface area contributed by atoms with Crippen LogP contribution in [0.2, 0.25) is 0 Å². The zero-order valence-corrected chi connectivity index (χ0v) is 18.8. The first-order valence-electron chi connectivity index (χ1n) is 8.60. The van der Waals surface area contributed by atoms with Gasteiger partial charge in [0.05, 0.1) is 0 Å². The van der Waals surface area contributed by atoms with E-state index in [0.717, 1.165) is 15.6 Å². The predicted octanol–water partition coefficient (Wildman–Crippen LogP) is 2.26. The van der Waals surface area contributed by atoms with Crippen molar-refractivity contribution in [2.45, 2.75) is 6.18 Å². The maximum absolute atomic E-state index is 12.6. The van der Waals surface area contributed by atoms with Crippen LogP contribution >= 0.6 is 0 Å². The van der Waals surface area contributed by atoms with Crippen molar-refractivity contribution in [2.24, 2.45) is 0 Å². The van der Waals surface area contributed by atoms with Crippen molar-refractivity contribution in [3.63, 3.8) is 0 Å². The quantitative estimate of drug-likeness (QED) is 0.460. The molecule has 0 saturated carbocycles. The molecule has 3 nitrogen and oxygen atoms in total. The van der Waals surface area contributed by atoms with Crippen LogP contribution in [0.4, 0.5) is 13.2 Å². The summed E-state index contributed by atoms with van der Waals surface area (Å²) in [7, 11) is -3.05. The van der Waals surface area contributed by atoms with Gasteiger partial charge in [-0.2, -0.15) is 0 Å². The summed E-state index contributed by atoms with van der Waals surface area (Å²) in [6, 6.07) is 28.5. The summed E-state index contributed by atoms with van der Waals surface area (Å²) < 4.78 is 46.2. The Morgan fingerprint density at radius 3 is 1.43 bits per heavy atom. The second-order valence-corrected chi connectivity index (χ2v) is 12.6. The van der Waals surface area contributed by atoms with E-state index in [9.17, 15) is 18.0 Å². The number of halogens is 3. The number of alkyl halides is 3. The molecule has 0 saturated heterocycles. The molecule has 0 radical (unpaired) electrons. The monoisotopic (exact) mass is 451 g/mol. The minimum atomic E-state index is -4.91. The van der Waals surface area contributed by atoms with E-state index in [-0.39, 0.29) is 0 Å². The molecular weight excluding hydrogens is 437 g/mol. The van der Waals surface area contributed by atoms with Gasteiger partial charge in [-0.3, -0.25) is 0 Å². The Hall–Kier alpha value is -2.28. The van der Waals surface area contributed by atoms with Gasteiger partial charge in [-0.1, -0.05) is 0 Å². The number of benzene rings is 3. The zero-order valence-electron chi connectivity index (χ0n) is 14.8. The molecule has 0 unspecified atom stereocenters. The molecule has 0 aliphatic heterocycles. The topological polar surface area (TPSA) is 38.3 Å². The van der Waals surface area contributed by atoms with Crippen LogP contribution in [0.5, 0.6) is 0 Å². The fourth-order valence-electron chi connectivity index (χ4n) is 3.08. The Morgan fingerprint density at radius 1 is 0.750 bits per heavy atom. The van der Waals surface area contributed by atoms with E-state index in [1.807, 2.05) is 95.1 Å². The number of carbonyl (C=O) groups is 1. The van der Waals surface area contributed by atoms with Crippen molar-refractivity contribution in [1.29, 1.82) is 0 Å². The van der Waals surface area contributed by atoms with Crippen molar-refractivity contribution in [2.75, 3.05) is 0 Å². The standard InChI is InChI=1S/C18H15OSi.C2H2F3NO.Zn/c19-20(16-10-4-1-5-11-16,17-12-6-2-7-13-17)18-14-8-3-9-15-18;3-2(4,5)1(6)7;/h1-15H;(H2,6,7);/q-1;;+2/p-1. The average Bonchev–Trinajstić information content (AvgIpc) is 2.72. The second-order valence-electron chi connectivity index (χ2n) is 6.07. The molecular formula is C20H16F3NO2SiZn. The third-order valence-electron chi connectivity index (χ3n) is 4.32. The molecule has 1 N–H and O–H groups in total. The number of hydrogen-bond donors (Lipinski definition) is 1. The average molecular weight is 453 g/mol. The Morgan fingerprint density at radius 2 is 1.11 bits per heavy atom. The number of hydrogen-bond acceptors (Lipinski definition) is 2. The van der Waals surface area contributed by atoms with E-state index in [2.05, 4.69) is 0 Å². The normalized spacial score (nSPS) is 11.5. The van der Waals surface area contributed by atoms with Gasteiger partial charge in [-0.15, -0.1) is 0 Å². The first-order chi connectivity index (χ1) is 13.4. The fraction of sp³-hybridized carbons (Fsp3) is 0.0500. The second kappa shape index (κ2) is 8.82. The molecule has 28 heavy (non-hydrogen) atoms. The number of nitrogens with one attached hydrogen (secondary N) is 1. The molecule has 0 fully saturated rings. The SMILES string of the molecule is O=C([NH][Zn][O][Si](c1ccccc1)(c1ccccc1)c1ccccc1)C(F)(F)F. The molecule has 8 heteroatoms. The van der Waals surface area contributed by atoms with Crippen molar-refractivity contribution in [1.82, 2.24) is 4.06 Å². The van der Waals surface area contributed by atoms with Gasteiger partial charge in [0.15, 0.2) is 0 Å². The van der Waals surface area contributed by atoms with Crippen LogP contribution in [0, 0.1) is 0 Å². The van der Waals surface area contributed by atoms with Gasteiger partial charge < -0.3 is 0 Å². The maximum atomic E-state index is 12.6. The van der Waals surface area contributed by atoms with Crippen molar-refractivity contribution in [3.8, 4) is 0 Å². The molecule has 0 aliphatic rings. The Balaban J connectivity index is 2.08. The molecule has 0 aliphatic carbocycles. The van der Waals surface area contributed by atoms with Crippen LogP contribution in [0.1, 0.15) is 0 Å². The molecule has 1 amide bonds. The molecule has 3 rings (SSSR count). The summed E-state index contributed by atoms with van der Waals surface area (Å²) in [6.45, 7) is 0. The molecule has 0 atom stereocenters. The summed E-state index contributed by atoms with van der Waals surface area (Å²) in [6.07, 6.45) is -4.91. The van der Waals surface area contributed by atoms with E-state index in [4.69, 9.17) is 3.25 Å². The summed E-state index contributed by atoms with van der Waals surface area (Å²) in [5, 5.41) is 2.75. The van der Waals surface area contributed by atoms with Crippen LogP contribution in [0.15, 0.2) is 91.0 Å². The fourth-order valence-corrected chi connectivity index (χ4v) is 12.5. The van der Waals surface area contributed by atoms with Gasteiger partial charge in [0.2, 0.25) is 0 Å². The van der Waals surface area contributed by atoms with E-state index >= 15 is 0 Å². The van der Waals surface area contributed by atoms with Gasteiger partial charge >= 0.3 is 170 Å². The summed E-state index contributed by atoms with van der Waals surface area (Å²) >= 11 is -2.52. The zero-order chi connectivity index (χ0) is 20.0. The summed E-state index contributed by atoms with van der Waals surface area (Å²) in [5.74, 6) is -1.94. The number of amides is 1. The first kappa shape index (κ1) is 20.5. The van der Waals surface area contributed by atoms with Crippen LogP contribution in [-0.2, 0) is 25.8 Å². The molecule has 0 bridgehead atoms. The van der Waals surface area contributed by atoms with E-state index < -0.39 is 38.1 Å². The summed E-state index contributed by atoms with van der Waals surface area (Å²) in [5.41, 5.74) is 0. The molecule has 0 heterocycles. The summed E-state index contributed by atoms with van der Waals surface area (Å²) in [4.78, 5) is 11.3. The Kier molecular flexibility index (Phi) is 6.44. The number of carbonyl (C=O) groups excluding carboxylic acids is 1. The molecule has 3 aromatic rings. The van der Waals surface area contributed by atoms with Gasteiger partial charge in [0, 0.05) is 0 Å². The van der Waals surface area contributed by atoms with Gasteiger partial charge in [0.1, 0.15) is 0 Å². The van der Waals surface area contributed by atoms with E-state index in [0.29, 0.717) is 0 Å². The third-order valence-corrected chi connectivity index (χ3v) is 12.9. The molecule has 3 aromatic carbocycles. The van der Waals surface area contributed by atoms with Crippen molar-refractivity contribution in [3.05, 3.63) is 91.0 Å². The van der Waals surface area contributed by atoms with Crippen LogP contribution in [0.3, 0.4) is 0 Å². The van der Waals surface area contributed by atoms with Crippen molar-refractivity contribution >= 4 is 29.8 Å². The van der Waals surface area contributed by atoms with Crippen molar-refractivity contribution < 1.29 is 38.9 Å². The molecule has 140 valence electrons. The molecule has 0 aromatic heterocycles. The van der Waals surface area contributed by atoms with Gasteiger partial charge in [-0.25, -0.2) is 0 Å². The van der Waals surface area contributed by atoms with Crippen LogP contribution < -0.4 is 19.6 Å². The van der Waals surface area contributed by atoms with Gasteiger partial charge in [0.25, 0.3) is 0 Å². The van der Waals surface area contributed by atoms with Crippen LogP contribution in [0.25, 0.3) is 0 Å².